The number of rotatable bonds is 5. The van der Waals surface area contributed by atoms with E-state index in [1.54, 1.807) is 6.07 Å². The van der Waals surface area contributed by atoms with Gasteiger partial charge in [0.25, 0.3) is 0 Å². The number of hydrogen-bond acceptors (Lipinski definition) is 1. The fraction of sp³-hybridized carbons (Fsp3) is 0.429. The van der Waals surface area contributed by atoms with E-state index >= 15 is 0 Å². The van der Waals surface area contributed by atoms with Crippen LogP contribution in [0.25, 0.3) is 10.9 Å². The van der Waals surface area contributed by atoms with E-state index in [2.05, 4.69) is 9.88 Å². The number of halogens is 1. The first-order chi connectivity index (χ1) is 8.33. The highest BCUT2D eigenvalue weighted by Crippen LogP contribution is 2.19. The Labute approximate surface area is 100 Å². The Morgan fingerprint density at radius 1 is 1.29 bits per heavy atom. The third-order valence-corrected chi connectivity index (χ3v) is 3.32. The predicted octanol–water partition coefficient (Wildman–Crippen LogP) is 2.92. The zero-order chi connectivity index (χ0) is 11.7. The van der Waals surface area contributed by atoms with Gasteiger partial charge in [0.2, 0.25) is 0 Å². The van der Waals surface area contributed by atoms with Crippen LogP contribution in [0.4, 0.5) is 4.39 Å². The molecule has 0 bridgehead atoms. The van der Waals surface area contributed by atoms with Crippen molar-refractivity contribution in [3.8, 4) is 0 Å². The van der Waals surface area contributed by atoms with E-state index in [1.807, 2.05) is 18.3 Å². The molecule has 0 amide bonds. The Hall–Kier alpha value is -1.35. The van der Waals surface area contributed by atoms with Crippen LogP contribution in [0.2, 0.25) is 0 Å². The van der Waals surface area contributed by atoms with Crippen LogP contribution in [0.3, 0.4) is 0 Å². The minimum absolute atomic E-state index is 0.161. The van der Waals surface area contributed by atoms with Crippen LogP contribution in [0.5, 0.6) is 0 Å². The summed E-state index contributed by atoms with van der Waals surface area (Å²) in [5, 5.41) is 4.49. The van der Waals surface area contributed by atoms with Crippen molar-refractivity contribution in [2.45, 2.75) is 31.8 Å². The topological polar surface area (TPSA) is 17.0 Å². The molecule has 1 N–H and O–H groups in total. The maximum absolute atomic E-state index is 13.0. The van der Waals surface area contributed by atoms with Gasteiger partial charge in [0.05, 0.1) is 0 Å². The highest BCUT2D eigenvalue weighted by Gasteiger charge is 2.19. The summed E-state index contributed by atoms with van der Waals surface area (Å²) in [5.74, 6) is -0.161. The number of aryl methyl sites for hydroxylation is 1. The van der Waals surface area contributed by atoms with Gasteiger partial charge in [-0.3, -0.25) is 0 Å². The quantitative estimate of drug-likeness (QED) is 0.784. The number of nitrogens with one attached hydrogen (secondary N) is 1. The van der Waals surface area contributed by atoms with Crippen molar-refractivity contribution < 1.29 is 4.39 Å². The smallest absolute Gasteiger partial charge is 0.123 e. The molecule has 1 saturated carbocycles. The first kappa shape index (κ1) is 10.8. The Bertz CT molecular complexity index is 514. The molecule has 0 saturated heterocycles. The van der Waals surface area contributed by atoms with Crippen molar-refractivity contribution in [2.75, 3.05) is 6.54 Å². The fourth-order valence-corrected chi connectivity index (χ4v) is 2.21. The summed E-state index contributed by atoms with van der Waals surface area (Å²) in [7, 11) is 0. The van der Waals surface area contributed by atoms with Crippen LogP contribution in [0, 0.1) is 5.82 Å². The average molecular weight is 232 g/mol. The molecule has 1 aliphatic rings. The molecule has 0 aliphatic heterocycles. The maximum Gasteiger partial charge on any atom is 0.123 e. The second-order valence-corrected chi connectivity index (χ2v) is 4.79. The van der Waals surface area contributed by atoms with Crippen molar-refractivity contribution in [3.63, 3.8) is 0 Å². The minimum Gasteiger partial charge on any atom is -0.347 e. The second kappa shape index (κ2) is 4.49. The van der Waals surface area contributed by atoms with E-state index in [4.69, 9.17) is 0 Å². The van der Waals surface area contributed by atoms with E-state index in [1.165, 1.54) is 18.9 Å². The van der Waals surface area contributed by atoms with Gasteiger partial charge in [-0.05, 0) is 50.1 Å². The van der Waals surface area contributed by atoms with E-state index in [9.17, 15) is 4.39 Å². The molecule has 90 valence electrons. The molecule has 3 heteroatoms. The zero-order valence-corrected chi connectivity index (χ0v) is 9.82. The lowest BCUT2D eigenvalue weighted by atomic mass is 10.2. The summed E-state index contributed by atoms with van der Waals surface area (Å²) >= 11 is 0. The van der Waals surface area contributed by atoms with Gasteiger partial charge < -0.3 is 9.88 Å². The average Bonchev–Trinajstić information content (AvgIpc) is 3.06. The Morgan fingerprint density at radius 2 is 2.18 bits per heavy atom. The van der Waals surface area contributed by atoms with Gasteiger partial charge in [-0.1, -0.05) is 0 Å². The standard InChI is InChI=1S/C14H17FN2/c15-12-2-5-14-11(10-12)6-9-17(14)8-1-7-16-13-3-4-13/h2,5-6,9-10,13,16H,1,3-4,7-8H2. The van der Waals surface area contributed by atoms with Crippen LogP contribution in [0.1, 0.15) is 19.3 Å². The number of hydrogen-bond donors (Lipinski definition) is 1. The summed E-state index contributed by atoms with van der Waals surface area (Å²) in [6.07, 6.45) is 5.84. The molecule has 1 heterocycles. The van der Waals surface area contributed by atoms with E-state index in [0.717, 1.165) is 36.5 Å². The highest BCUT2D eigenvalue weighted by atomic mass is 19.1. The lowest BCUT2D eigenvalue weighted by Gasteiger charge is -2.06. The van der Waals surface area contributed by atoms with Crippen molar-refractivity contribution >= 4 is 10.9 Å². The second-order valence-electron chi connectivity index (χ2n) is 4.79. The number of aromatic nitrogens is 1. The van der Waals surface area contributed by atoms with E-state index in [0.29, 0.717) is 0 Å². The van der Waals surface area contributed by atoms with Gasteiger partial charge in [-0.2, -0.15) is 0 Å². The van der Waals surface area contributed by atoms with Crippen LogP contribution >= 0.6 is 0 Å². The summed E-state index contributed by atoms with van der Waals surface area (Å²) in [4.78, 5) is 0. The summed E-state index contributed by atoms with van der Waals surface area (Å²) in [6, 6.07) is 7.74. The summed E-state index contributed by atoms with van der Waals surface area (Å²) in [5.41, 5.74) is 1.12. The first-order valence-corrected chi connectivity index (χ1v) is 6.31. The molecule has 2 nitrogen and oxygen atoms in total. The molecule has 3 rings (SSSR count). The van der Waals surface area contributed by atoms with Crippen LogP contribution < -0.4 is 5.32 Å². The normalized spacial score (nSPS) is 15.6. The SMILES string of the molecule is Fc1ccc2c(ccn2CCCNC2CC2)c1. The van der Waals surface area contributed by atoms with Gasteiger partial charge in [0.15, 0.2) is 0 Å². The molecule has 0 unspecified atom stereocenters. The molecule has 1 fully saturated rings. The fourth-order valence-electron chi connectivity index (χ4n) is 2.21. The van der Waals surface area contributed by atoms with E-state index < -0.39 is 0 Å². The van der Waals surface area contributed by atoms with Gasteiger partial charge in [-0.25, -0.2) is 4.39 Å². The van der Waals surface area contributed by atoms with Crippen molar-refractivity contribution in [1.82, 2.24) is 9.88 Å². The van der Waals surface area contributed by atoms with Crippen LogP contribution in [-0.2, 0) is 6.54 Å². The first-order valence-electron chi connectivity index (χ1n) is 6.31. The molecule has 0 radical (unpaired) electrons. The lowest BCUT2D eigenvalue weighted by Crippen LogP contribution is -2.18. The molecule has 1 aromatic heterocycles. The molecular formula is C14H17FN2. The van der Waals surface area contributed by atoms with Crippen molar-refractivity contribution in [2.24, 2.45) is 0 Å². The molecule has 1 aromatic carbocycles. The number of benzene rings is 1. The maximum atomic E-state index is 13.0. The lowest BCUT2D eigenvalue weighted by molar-refractivity contribution is 0.588. The van der Waals surface area contributed by atoms with Gasteiger partial charge >= 0.3 is 0 Å². The minimum atomic E-state index is -0.161. The number of nitrogens with zero attached hydrogens (tertiary/aromatic N) is 1. The van der Waals surface area contributed by atoms with Gasteiger partial charge in [0, 0.05) is 29.7 Å². The number of fused-ring (bicyclic) bond motifs is 1. The summed E-state index contributed by atoms with van der Waals surface area (Å²) in [6.45, 7) is 2.07. The summed E-state index contributed by atoms with van der Waals surface area (Å²) < 4.78 is 15.2. The van der Waals surface area contributed by atoms with Gasteiger partial charge in [0.1, 0.15) is 5.82 Å². The zero-order valence-electron chi connectivity index (χ0n) is 9.82. The molecule has 0 atom stereocenters. The van der Waals surface area contributed by atoms with E-state index in [-0.39, 0.29) is 5.82 Å². The third kappa shape index (κ3) is 2.50. The van der Waals surface area contributed by atoms with Crippen LogP contribution in [-0.4, -0.2) is 17.2 Å². The molecule has 17 heavy (non-hydrogen) atoms. The Kier molecular flexibility index (Phi) is 2.85. The molecular weight excluding hydrogens is 215 g/mol. The third-order valence-electron chi connectivity index (χ3n) is 3.32. The Balaban J connectivity index is 1.63. The molecule has 1 aliphatic carbocycles. The highest BCUT2D eigenvalue weighted by molar-refractivity contribution is 5.80. The Morgan fingerprint density at radius 3 is 3.00 bits per heavy atom. The van der Waals surface area contributed by atoms with Crippen molar-refractivity contribution in [1.29, 1.82) is 0 Å². The van der Waals surface area contributed by atoms with Crippen LogP contribution in [0.15, 0.2) is 30.5 Å². The predicted molar refractivity (Wildman–Crippen MR) is 67.5 cm³/mol. The molecule has 0 spiro atoms. The largest absolute Gasteiger partial charge is 0.347 e. The van der Waals surface area contributed by atoms with Crippen molar-refractivity contribution in [3.05, 3.63) is 36.3 Å². The van der Waals surface area contributed by atoms with Gasteiger partial charge in [-0.15, -0.1) is 0 Å². The monoisotopic (exact) mass is 232 g/mol. The molecule has 2 aromatic rings.